The van der Waals surface area contributed by atoms with Crippen LogP contribution in [0.5, 0.6) is 0 Å². The van der Waals surface area contributed by atoms with Crippen LogP contribution in [0.15, 0.2) is 23.1 Å². The lowest BCUT2D eigenvalue weighted by atomic mass is 9.99. The second-order valence-corrected chi connectivity index (χ2v) is 7.50. The van der Waals surface area contributed by atoms with E-state index >= 15 is 0 Å². The van der Waals surface area contributed by atoms with Crippen LogP contribution in [0.1, 0.15) is 12.8 Å². The lowest BCUT2D eigenvalue weighted by Gasteiger charge is -2.30. The third-order valence-electron chi connectivity index (χ3n) is 3.38. The summed E-state index contributed by atoms with van der Waals surface area (Å²) in [7, 11) is -3.52. The molecule has 2 rings (SSSR count). The van der Waals surface area contributed by atoms with Gasteiger partial charge >= 0.3 is 0 Å². The summed E-state index contributed by atoms with van der Waals surface area (Å²) in [5.74, 6) is 0.411. The van der Waals surface area contributed by atoms with Crippen LogP contribution >= 0.6 is 35.6 Å². The normalized spacial score (nSPS) is 17.8. The fourth-order valence-electron chi connectivity index (χ4n) is 2.21. The Morgan fingerprint density at radius 3 is 2.10 bits per heavy atom. The molecule has 0 amide bonds. The molecule has 1 aliphatic heterocycles. The quantitative estimate of drug-likeness (QED) is 0.902. The topological polar surface area (TPSA) is 63.4 Å². The maximum Gasteiger partial charge on any atom is 0.243 e. The van der Waals surface area contributed by atoms with E-state index in [9.17, 15) is 8.42 Å². The smallest absolute Gasteiger partial charge is 0.243 e. The summed E-state index contributed by atoms with van der Waals surface area (Å²) in [5, 5.41) is 0.644. The zero-order chi connectivity index (χ0) is 14.0. The standard InChI is InChI=1S/C12H16Cl2N2O2S.ClH/c13-10-5-11(14)7-12(6-10)19(17,18)16-3-1-9(8-15)2-4-16;/h5-7,9H,1-4,8,15H2;1H. The molecule has 0 aliphatic carbocycles. The molecule has 0 aromatic heterocycles. The fraction of sp³-hybridized carbons (Fsp3) is 0.500. The number of hydrogen-bond donors (Lipinski definition) is 1. The monoisotopic (exact) mass is 358 g/mol. The summed E-state index contributed by atoms with van der Waals surface area (Å²) in [5.41, 5.74) is 5.61. The molecule has 4 nitrogen and oxygen atoms in total. The van der Waals surface area contributed by atoms with Crippen LogP contribution in [0.4, 0.5) is 0 Å². The maximum absolute atomic E-state index is 12.5. The first-order valence-electron chi connectivity index (χ1n) is 6.10. The van der Waals surface area contributed by atoms with Crippen molar-refractivity contribution in [2.24, 2.45) is 11.7 Å². The maximum atomic E-state index is 12.5. The lowest BCUT2D eigenvalue weighted by Crippen LogP contribution is -2.40. The molecule has 1 heterocycles. The molecule has 1 fully saturated rings. The van der Waals surface area contributed by atoms with Crippen molar-refractivity contribution in [3.63, 3.8) is 0 Å². The van der Waals surface area contributed by atoms with Crippen LogP contribution in [0.2, 0.25) is 10.0 Å². The highest BCUT2D eigenvalue weighted by Crippen LogP contribution is 2.27. The second kappa shape index (κ2) is 7.29. The molecule has 1 aromatic carbocycles. The molecule has 0 radical (unpaired) electrons. The minimum Gasteiger partial charge on any atom is -0.330 e. The van der Waals surface area contributed by atoms with Gasteiger partial charge < -0.3 is 5.73 Å². The van der Waals surface area contributed by atoms with E-state index in [1.165, 1.54) is 22.5 Å². The largest absolute Gasteiger partial charge is 0.330 e. The van der Waals surface area contributed by atoms with E-state index in [0.29, 0.717) is 35.6 Å². The summed E-state index contributed by atoms with van der Waals surface area (Å²) in [6, 6.07) is 4.37. The third-order valence-corrected chi connectivity index (χ3v) is 5.69. The fourth-order valence-corrected chi connectivity index (χ4v) is 4.41. The summed E-state index contributed by atoms with van der Waals surface area (Å²) in [6.07, 6.45) is 1.59. The van der Waals surface area contributed by atoms with Gasteiger partial charge in [-0.25, -0.2) is 8.42 Å². The van der Waals surface area contributed by atoms with Crippen molar-refractivity contribution < 1.29 is 8.42 Å². The van der Waals surface area contributed by atoms with Crippen molar-refractivity contribution in [2.75, 3.05) is 19.6 Å². The summed E-state index contributed by atoms with van der Waals surface area (Å²) in [4.78, 5) is 0.149. The second-order valence-electron chi connectivity index (χ2n) is 4.69. The van der Waals surface area contributed by atoms with Gasteiger partial charge in [-0.1, -0.05) is 23.2 Å². The Bertz CT molecular complexity index is 538. The predicted molar refractivity (Wildman–Crippen MR) is 84.2 cm³/mol. The van der Waals surface area contributed by atoms with E-state index < -0.39 is 10.0 Å². The molecule has 0 saturated carbocycles. The first-order valence-corrected chi connectivity index (χ1v) is 8.29. The van der Waals surface area contributed by atoms with E-state index in [1.54, 1.807) is 0 Å². The Morgan fingerprint density at radius 1 is 1.15 bits per heavy atom. The number of halogens is 3. The van der Waals surface area contributed by atoms with Crippen molar-refractivity contribution in [3.8, 4) is 0 Å². The number of benzene rings is 1. The van der Waals surface area contributed by atoms with Gasteiger partial charge in [-0.05, 0) is 43.5 Å². The molecule has 1 aromatic rings. The van der Waals surface area contributed by atoms with Gasteiger partial charge in [0.2, 0.25) is 10.0 Å². The van der Waals surface area contributed by atoms with Crippen LogP contribution in [-0.4, -0.2) is 32.4 Å². The predicted octanol–water partition coefficient (Wildman–Crippen LogP) is 2.77. The molecule has 1 aliphatic rings. The highest BCUT2D eigenvalue weighted by Gasteiger charge is 2.29. The minimum absolute atomic E-state index is 0. The number of hydrogen-bond acceptors (Lipinski definition) is 3. The number of sulfonamides is 1. The molecular formula is C12H17Cl3N2O2S. The van der Waals surface area contributed by atoms with E-state index in [1.807, 2.05) is 0 Å². The lowest BCUT2D eigenvalue weighted by molar-refractivity contribution is 0.278. The van der Waals surface area contributed by atoms with Gasteiger partial charge in [-0.3, -0.25) is 0 Å². The Morgan fingerprint density at radius 2 is 1.65 bits per heavy atom. The molecule has 2 N–H and O–H groups in total. The van der Waals surface area contributed by atoms with Crippen LogP contribution in [0, 0.1) is 5.92 Å². The van der Waals surface area contributed by atoms with Gasteiger partial charge in [0.05, 0.1) is 4.90 Å². The zero-order valence-electron chi connectivity index (χ0n) is 10.8. The van der Waals surface area contributed by atoms with Crippen molar-refractivity contribution >= 4 is 45.6 Å². The van der Waals surface area contributed by atoms with Crippen LogP contribution in [0.25, 0.3) is 0 Å². The summed E-state index contributed by atoms with van der Waals surface area (Å²) in [6.45, 7) is 1.60. The minimum atomic E-state index is -3.52. The van der Waals surface area contributed by atoms with Crippen LogP contribution in [0.3, 0.4) is 0 Å². The van der Waals surface area contributed by atoms with Crippen LogP contribution < -0.4 is 5.73 Å². The first kappa shape index (κ1) is 18.0. The Hall–Kier alpha value is -0.0400. The first-order chi connectivity index (χ1) is 8.93. The molecule has 0 bridgehead atoms. The molecule has 0 atom stereocenters. The number of rotatable bonds is 3. The number of piperidine rings is 1. The summed E-state index contributed by atoms with van der Waals surface area (Å²) < 4.78 is 26.4. The third kappa shape index (κ3) is 4.00. The van der Waals surface area contributed by atoms with Gasteiger partial charge in [-0.2, -0.15) is 4.31 Å². The van der Waals surface area contributed by atoms with E-state index in [-0.39, 0.29) is 17.3 Å². The van der Waals surface area contributed by atoms with E-state index in [2.05, 4.69) is 0 Å². The Balaban J connectivity index is 0.00000200. The van der Waals surface area contributed by atoms with E-state index in [4.69, 9.17) is 28.9 Å². The Labute approximate surface area is 135 Å². The number of nitrogens with zero attached hydrogens (tertiary/aromatic N) is 1. The van der Waals surface area contributed by atoms with E-state index in [0.717, 1.165) is 12.8 Å². The average Bonchev–Trinajstić information content (AvgIpc) is 2.37. The van der Waals surface area contributed by atoms with Gasteiger partial charge in [0.15, 0.2) is 0 Å². The average molecular weight is 360 g/mol. The molecular weight excluding hydrogens is 343 g/mol. The molecule has 20 heavy (non-hydrogen) atoms. The highest BCUT2D eigenvalue weighted by atomic mass is 35.5. The van der Waals surface area contributed by atoms with Crippen molar-refractivity contribution in [3.05, 3.63) is 28.2 Å². The van der Waals surface area contributed by atoms with Crippen molar-refractivity contribution in [1.29, 1.82) is 0 Å². The molecule has 1 saturated heterocycles. The molecule has 0 unspecified atom stereocenters. The van der Waals surface area contributed by atoms with Gasteiger partial charge in [-0.15, -0.1) is 12.4 Å². The Kier molecular flexibility index (Phi) is 6.57. The zero-order valence-corrected chi connectivity index (χ0v) is 13.9. The van der Waals surface area contributed by atoms with Crippen molar-refractivity contribution in [1.82, 2.24) is 4.31 Å². The van der Waals surface area contributed by atoms with Crippen molar-refractivity contribution in [2.45, 2.75) is 17.7 Å². The highest BCUT2D eigenvalue weighted by molar-refractivity contribution is 7.89. The van der Waals surface area contributed by atoms with Gasteiger partial charge in [0.25, 0.3) is 0 Å². The van der Waals surface area contributed by atoms with Gasteiger partial charge in [0, 0.05) is 23.1 Å². The molecule has 8 heteroatoms. The SMILES string of the molecule is Cl.NCC1CCN(S(=O)(=O)c2cc(Cl)cc(Cl)c2)CC1. The molecule has 0 spiro atoms. The number of nitrogens with two attached hydrogens (primary N) is 1. The van der Waals surface area contributed by atoms with Gasteiger partial charge in [0.1, 0.15) is 0 Å². The summed E-state index contributed by atoms with van der Waals surface area (Å²) >= 11 is 11.7. The molecule has 114 valence electrons. The van der Waals surface area contributed by atoms with Crippen LogP contribution in [-0.2, 0) is 10.0 Å².